The summed E-state index contributed by atoms with van der Waals surface area (Å²) < 4.78 is 32.8. The summed E-state index contributed by atoms with van der Waals surface area (Å²) in [6.45, 7) is 6.96. The van der Waals surface area contributed by atoms with E-state index in [-0.39, 0.29) is 12.6 Å². The van der Waals surface area contributed by atoms with Crippen LogP contribution < -0.4 is 0 Å². The fourth-order valence-corrected chi connectivity index (χ4v) is 3.28. The molecule has 0 bridgehead atoms. The number of rotatable bonds is 5. The quantitative estimate of drug-likeness (QED) is 0.810. The Morgan fingerprint density at radius 2 is 2.14 bits per heavy atom. The van der Waals surface area contributed by atoms with Crippen LogP contribution in [0, 0.1) is 0 Å². The predicted octanol–water partition coefficient (Wildman–Crippen LogP) is 0.970. The van der Waals surface area contributed by atoms with E-state index in [1.54, 1.807) is 0 Å². The maximum Gasteiger partial charge on any atom is 0.251 e. The second-order valence-electron chi connectivity index (χ2n) is 5.92. The Morgan fingerprint density at radius 3 is 2.91 bits per heavy atom. The van der Waals surface area contributed by atoms with Gasteiger partial charge in [-0.1, -0.05) is 6.92 Å². The van der Waals surface area contributed by atoms with E-state index < -0.39 is 6.43 Å². The van der Waals surface area contributed by atoms with Crippen molar-refractivity contribution in [2.45, 2.75) is 45.5 Å². The lowest BCUT2D eigenvalue weighted by Gasteiger charge is -2.40. The van der Waals surface area contributed by atoms with Gasteiger partial charge in [0.15, 0.2) is 5.82 Å². The molecule has 2 aliphatic heterocycles. The summed E-state index contributed by atoms with van der Waals surface area (Å²) in [5, 5.41) is 8.44. The molecule has 2 aliphatic rings. The van der Waals surface area contributed by atoms with E-state index in [9.17, 15) is 8.78 Å². The van der Waals surface area contributed by atoms with E-state index in [4.69, 9.17) is 4.74 Å². The normalized spacial score (nSPS) is 23.9. The Hall–Kier alpha value is -1.12. The Balaban J connectivity index is 1.61. The molecule has 0 unspecified atom stereocenters. The SMILES string of the molecule is CC[C@H]1CN(Cc2nnc3n2CCOC3)CCN1CC(F)F. The third-order valence-electron chi connectivity index (χ3n) is 4.49. The third-order valence-corrected chi connectivity index (χ3v) is 4.49. The van der Waals surface area contributed by atoms with Gasteiger partial charge in [0.05, 0.1) is 19.7 Å². The van der Waals surface area contributed by atoms with Crippen molar-refractivity contribution in [3.63, 3.8) is 0 Å². The fourth-order valence-electron chi connectivity index (χ4n) is 3.28. The van der Waals surface area contributed by atoms with Gasteiger partial charge in [0, 0.05) is 32.2 Å². The summed E-state index contributed by atoms with van der Waals surface area (Å²) in [7, 11) is 0. The van der Waals surface area contributed by atoms with Gasteiger partial charge in [0.1, 0.15) is 12.4 Å². The molecule has 8 heteroatoms. The van der Waals surface area contributed by atoms with Crippen LogP contribution in [0.4, 0.5) is 8.78 Å². The van der Waals surface area contributed by atoms with Crippen molar-refractivity contribution in [1.82, 2.24) is 24.6 Å². The average Bonchev–Trinajstić information content (AvgIpc) is 2.91. The Bertz CT molecular complexity index is 496. The molecule has 0 aromatic carbocycles. The molecule has 0 spiro atoms. The zero-order chi connectivity index (χ0) is 15.5. The predicted molar refractivity (Wildman–Crippen MR) is 76.6 cm³/mol. The lowest BCUT2D eigenvalue weighted by atomic mass is 10.1. The number of halogens is 2. The van der Waals surface area contributed by atoms with Gasteiger partial charge in [-0.25, -0.2) is 8.78 Å². The minimum atomic E-state index is -2.26. The van der Waals surface area contributed by atoms with Crippen LogP contribution in [-0.4, -0.2) is 69.8 Å². The number of nitrogens with zero attached hydrogens (tertiary/aromatic N) is 5. The van der Waals surface area contributed by atoms with Crippen LogP contribution in [0.3, 0.4) is 0 Å². The molecule has 1 aromatic rings. The highest BCUT2D eigenvalue weighted by molar-refractivity contribution is 4.97. The van der Waals surface area contributed by atoms with Gasteiger partial charge in [-0.2, -0.15) is 0 Å². The van der Waals surface area contributed by atoms with Crippen LogP contribution in [0.5, 0.6) is 0 Å². The topological polar surface area (TPSA) is 46.4 Å². The second-order valence-corrected chi connectivity index (χ2v) is 5.92. The molecule has 0 saturated carbocycles. The van der Waals surface area contributed by atoms with Gasteiger partial charge in [-0.3, -0.25) is 9.80 Å². The van der Waals surface area contributed by atoms with E-state index in [1.165, 1.54) is 0 Å². The van der Waals surface area contributed by atoms with Crippen molar-refractivity contribution in [3.8, 4) is 0 Å². The molecule has 1 atom stereocenters. The smallest absolute Gasteiger partial charge is 0.251 e. The van der Waals surface area contributed by atoms with Crippen LogP contribution in [0.1, 0.15) is 25.0 Å². The van der Waals surface area contributed by atoms with E-state index in [0.29, 0.717) is 19.8 Å². The number of fused-ring (bicyclic) bond motifs is 1. The second kappa shape index (κ2) is 6.97. The minimum absolute atomic E-state index is 0.121. The zero-order valence-electron chi connectivity index (χ0n) is 12.9. The van der Waals surface area contributed by atoms with E-state index >= 15 is 0 Å². The summed E-state index contributed by atoms with van der Waals surface area (Å²) in [5.74, 6) is 1.83. The highest BCUT2D eigenvalue weighted by Crippen LogP contribution is 2.17. The average molecular weight is 315 g/mol. The molecule has 0 aliphatic carbocycles. The summed E-state index contributed by atoms with van der Waals surface area (Å²) in [6.07, 6.45) is -1.38. The van der Waals surface area contributed by atoms with Gasteiger partial charge in [0.2, 0.25) is 0 Å². The number of alkyl halides is 2. The van der Waals surface area contributed by atoms with Gasteiger partial charge < -0.3 is 9.30 Å². The van der Waals surface area contributed by atoms with Crippen LogP contribution >= 0.6 is 0 Å². The van der Waals surface area contributed by atoms with Gasteiger partial charge >= 0.3 is 0 Å². The molecule has 0 N–H and O–H groups in total. The molecule has 1 saturated heterocycles. The molecular weight excluding hydrogens is 292 g/mol. The summed E-state index contributed by atoms with van der Waals surface area (Å²) in [4.78, 5) is 4.21. The lowest BCUT2D eigenvalue weighted by molar-refractivity contribution is 0.0154. The van der Waals surface area contributed by atoms with Crippen molar-refractivity contribution in [2.75, 3.05) is 32.8 Å². The molecule has 1 aromatic heterocycles. The third kappa shape index (κ3) is 3.44. The highest BCUT2D eigenvalue weighted by atomic mass is 19.3. The van der Waals surface area contributed by atoms with Gasteiger partial charge in [-0.15, -0.1) is 10.2 Å². The fraction of sp³-hybridized carbons (Fsp3) is 0.857. The zero-order valence-corrected chi connectivity index (χ0v) is 12.9. The Kier molecular flexibility index (Phi) is 5.00. The molecule has 3 heterocycles. The van der Waals surface area contributed by atoms with Crippen LogP contribution in [0.15, 0.2) is 0 Å². The van der Waals surface area contributed by atoms with Gasteiger partial charge in [0.25, 0.3) is 6.43 Å². The first-order chi connectivity index (χ1) is 10.7. The van der Waals surface area contributed by atoms with Crippen molar-refractivity contribution >= 4 is 0 Å². The molecule has 22 heavy (non-hydrogen) atoms. The molecule has 3 rings (SSSR count). The standard InChI is InChI=1S/C14H23F2N5O/c1-2-11-7-19(3-4-20(11)8-12(15)16)9-13-17-18-14-10-22-6-5-21(13)14/h11-12H,2-10H2,1H3/t11-/m0/s1. The lowest BCUT2D eigenvalue weighted by Crippen LogP contribution is -2.53. The molecule has 124 valence electrons. The minimum Gasteiger partial charge on any atom is -0.372 e. The van der Waals surface area contributed by atoms with E-state index in [2.05, 4.69) is 26.6 Å². The molecule has 6 nitrogen and oxygen atoms in total. The number of ether oxygens (including phenoxy) is 1. The molecule has 0 amide bonds. The van der Waals surface area contributed by atoms with Crippen molar-refractivity contribution in [1.29, 1.82) is 0 Å². The first kappa shape index (κ1) is 15.8. The number of hydrogen-bond acceptors (Lipinski definition) is 5. The molecular formula is C14H23F2N5O. The van der Waals surface area contributed by atoms with Gasteiger partial charge in [-0.05, 0) is 6.42 Å². The van der Waals surface area contributed by atoms with E-state index in [0.717, 1.165) is 44.2 Å². The first-order valence-corrected chi connectivity index (χ1v) is 7.90. The number of piperazine rings is 1. The number of aromatic nitrogens is 3. The van der Waals surface area contributed by atoms with E-state index in [1.807, 2.05) is 4.90 Å². The largest absolute Gasteiger partial charge is 0.372 e. The molecule has 1 fully saturated rings. The molecule has 0 radical (unpaired) electrons. The van der Waals surface area contributed by atoms with Crippen molar-refractivity contribution in [3.05, 3.63) is 11.6 Å². The Morgan fingerprint density at radius 1 is 1.27 bits per heavy atom. The summed E-state index contributed by atoms with van der Waals surface area (Å²) in [6, 6.07) is 0.190. The maximum absolute atomic E-state index is 12.6. The summed E-state index contributed by atoms with van der Waals surface area (Å²) in [5.41, 5.74) is 0. The maximum atomic E-state index is 12.6. The van der Waals surface area contributed by atoms with Crippen molar-refractivity contribution in [2.24, 2.45) is 0 Å². The highest BCUT2D eigenvalue weighted by Gasteiger charge is 2.28. The van der Waals surface area contributed by atoms with Crippen LogP contribution in [-0.2, 0) is 24.4 Å². The Labute approximate surface area is 129 Å². The van der Waals surface area contributed by atoms with Crippen LogP contribution in [0.2, 0.25) is 0 Å². The monoisotopic (exact) mass is 315 g/mol. The van der Waals surface area contributed by atoms with Crippen LogP contribution in [0.25, 0.3) is 0 Å². The number of hydrogen-bond donors (Lipinski definition) is 0. The first-order valence-electron chi connectivity index (χ1n) is 7.90. The summed E-state index contributed by atoms with van der Waals surface area (Å²) >= 11 is 0. The van der Waals surface area contributed by atoms with Crippen molar-refractivity contribution < 1.29 is 13.5 Å².